The van der Waals surface area contributed by atoms with Crippen LogP contribution in [0.25, 0.3) is 10.9 Å². The maximum Gasteiger partial charge on any atom is 0.406 e. The van der Waals surface area contributed by atoms with Gasteiger partial charge in [0.2, 0.25) is 11.8 Å². The van der Waals surface area contributed by atoms with Gasteiger partial charge in [0, 0.05) is 54.3 Å². The number of aromatic nitrogens is 1. The van der Waals surface area contributed by atoms with Crippen LogP contribution in [0.5, 0.6) is 11.5 Å². The standard InChI is InChI=1S/C60H74F4N8O10/c1-40(42-10-6-5-7-11-42)82-55-36-44(34-50(61)57(55)68-41(2)73)59(76)70-45-16-18-48(19-17-45)81-38-56(74)66-24-28-78-30-32-80-33-31-79-29-25-67-58(75)43-15-20-52(54(35-43)77-4)65-23-9-12-47-37-49-51(69-46-21-26-71(3)27-22-46)13-8-14-53(49)72(47)39-60(62,63)64/h5-8,10-11,13-15,20,34-37,40,45-46,48,65,69H,16-19,21-33,38-39H2,1-4H3,(H,66,74)(H,67,75)(H,68,73)(H,70,76)/t40-,45?,48?/m0/s1. The molecule has 18 nitrogen and oxygen atoms in total. The van der Waals surface area contributed by atoms with Crippen LogP contribution in [0.15, 0.2) is 84.9 Å². The summed E-state index contributed by atoms with van der Waals surface area (Å²) in [5.74, 6) is 3.95. The highest BCUT2D eigenvalue weighted by atomic mass is 19.4. The van der Waals surface area contributed by atoms with E-state index >= 15 is 4.39 Å². The number of hydrogen-bond donors (Lipinski definition) is 6. The molecule has 2 fully saturated rings. The number of rotatable bonds is 28. The molecule has 82 heavy (non-hydrogen) atoms. The molecule has 6 N–H and O–H groups in total. The first-order valence-electron chi connectivity index (χ1n) is 27.6. The number of carbonyl (C=O) groups is 4. The van der Waals surface area contributed by atoms with Gasteiger partial charge in [0.25, 0.3) is 11.8 Å². The molecule has 22 heteroatoms. The van der Waals surface area contributed by atoms with Crippen LogP contribution in [-0.2, 0) is 35.1 Å². The summed E-state index contributed by atoms with van der Waals surface area (Å²) < 4.78 is 91.9. The number of carbonyl (C=O) groups excluding carboxylic acids is 4. The number of nitrogens with one attached hydrogen (secondary N) is 6. The second-order valence-electron chi connectivity index (χ2n) is 20.1. The fourth-order valence-corrected chi connectivity index (χ4v) is 9.60. The van der Waals surface area contributed by atoms with Crippen LogP contribution in [0.1, 0.15) is 90.4 Å². The number of fused-ring (bicyclic) bond motifs is 1. The van der Waals surface area contributed by atoms with Crippen molar-refractivity contribution in [1.29, 1.82) is 0 Å². The van der Waals surface area contributed by atoms with Crippen molar-refractivity contribution in [2.75, 3.05) is 109 Å². The van der Waals surface area contributed by atoms with E-state index in [1.54, 1.807) is 43.3 Å². The summed E-state index contributed by atoms with van der Waals surface area (Å²) in [5, 5.41) is 18.4. The molecule has 0 spiro atoms. The number of benzene rings is 4. The molecular formula is C60H74F4N8O10. The van der Waals surface area contributed by atoms with Gasteiger partial charge in [-0.25, -0.2) is 4.39 Å². The number of amides is 4. The SMILES string of the molecule is COc1cc(C(=O)NCCOCCOCCOCCNC(=O)COC2CCC(NC(=O)c3cc(F)c(NC(C)=O)c(O[C@@H](C)c4ccccc4)c3)CC2)ccc1NCC#Cc1cc2c(NC3CCN(C)CC3)cccc2n1CC(F)(F)F. The minimum absolute atomic E-state index is 0.0386. The van der Waals surface area contributed by atoms with E-state index in [0.717, 1.165) is 43.2 Å². The van der Waals surface area contributed by atoms with Gasteiger partial charge in [-0.15, -0.1) is 0 Å². The first-order valence-corrected chi connectivity index (χ1v) is 27.6. The molecular weight excluding hydrogens is 1070 g/mol. The summed E-state index contributed by atoms with van der Waals surface area (Å²) in [4.78, 5) is 52.7. The van der Waals surface area contributed by atoms with Crippen molar-refractivity contribution in [2.45, 2.75) is 89.4 Å². The van der Waals surface area contributed by atoms with Gasteiger partial charge >= 0.3 is 6.18 Å². The van der Waals surface area contributed by atoms with E-state index in [9.17, 15) is 32.3 Å². The number of alkyl halides is 3. The Hall–Kier alpha value is -7.42. The molecule has 1 saturated carbocycles. The number of likely N-dealkylation sites (tertiary alicyclic amines) is 1. The van der Waals surface area contributed by atoms with Gasteiger partial charge in [-0.2, -0.15) is 13.2 Å². The molecule has 1 aliphatic heterocycles. The maximum absolute atomic E-state index is 15.3. The van der Waals surface area contributed by atoms with Crippen molar-refractivity contribution < 1.29 is 65.2 Å². The van der Waals surface area contributed by atoms with E-state index in [-0.39, 0.29) is 92.2 Å². The molecule has 1 aliphatic carbocycles. The van der Waals surface area contributed by atoms with Gasteiger partial charge in [0.15, 0.2) is 5.82 Å². The average Bonchev–Trinajstić information content (AvgIpc) is 4.07. The van der Waals surface area contributed by atoms with Crippen LogP contribution in [0, 0.1) is 17.7 Å². The van der Waals surface area contributed by atoms with Gasteiger partial charge in [-0.05, 0) is 126 Å². The predicted molar refractivity (Wildman–Crippen MR) is 304 cm³/mol. The van der Waals surface area contributed by atoms with Crippen molar-refractivity contribution in [2.24, 2.45) is 0 Å². The number of ether oxygens (including phenoxy) is 6. The fraction of sp³-hybridized carbons (Fsp3) is 0.467. The van der Waals surface area contributed by atoms with E-state index in [1.165, 1.54) is 24.7 Å². The van der Waals surface area contributed by atoms with Crippen molar-refractivity contribution in [3.05, 3.63) is 113 Å². The zero-order valence-corrected chi connectivity index (χ0v) is 46.8. The van der Waals surface area contributed by atoms with E-state index in [2.05, 4.69) is 55.7 Å². The van der Waals surface area contributed by atoms with Gasteiger partial charge in [0.05, 0.1) is 76.3 Å². The predicted octanol–water partition coefficient (Wildman–Crippen LogP) is 8.07. The fourth-order valence-electron chi connectivity index (χ4n) is 9.60. The summed E-state index contributed by atoms with van der Waals surface area (Å²) in [6.45, 7) is 6.04. The Labute approximate surface area is 475 Å². The number of nitrogens with zero attached hydrogens (tertiary/aromatic N) is 2. The molecule has 4 amide bonds. The summed E-state index contributed by atoms with van der Waals surface area (Å²) in [6.07, 6.45) is -0.777. The topological polar surface area (TPSA) is 204 Å². The zero-order chi connectivity index (χ0) is 58.4. The molecule has 1 atom stereocenters. The molecule has 2 aliphatic rings. The van der Waals surface area contributed by atoms with Crippen molar-refractivity contribution in [3.8, 4) is 23.3 Å². The molecule has 442 valence electrons. The van der Waals surface area contributed by atoms with E-state index in [0.29, 0.717) is 80.0 Å². The van der Waals surface area contributed by atoms with Crippen LogP contribution in [-0.4, -0.2) is 151 Å². The van der Waals surface area contributed by atoms with Gasteiger partial charge in [0.1, 0.15) is 36.4 Å². The summed E-state index contributed by atoms with van der Waals surface area (Å²) in [6, 6.07) is 23.8. The van der Waals surface area contributed by atoms with Crippen LogP contribution < -0.4 is 41.4 Å². The zero-order valence-electron chi connectivity index (χ0n) is 46.8. The Morgan fingerprint density at radius 1 is 0.744 bits per heavy atom. The largest absolute Gasteiger partial charge is 0.495 e. The highest BCUT2D eigenvalue weighted by Crippen LogP contribution is 2.35. The molecule has 1 aromatic heterocycles. The smallest absolute Gasteiger partial charge is 0.406 e. The van der Waals surface area contributed by atoms with Gasteiger partial charge in [-0.1, -0.05) is 42.3 Å². The average molecular weight is 1140 g/mol. The lowest BCUT2D eigenvalue weighted by atomic mass is 9.92. The second kappa shape index (κ2) is 31.1. The highest BCUT2D eigenvalue weighted by Gasteiger charge is 2.31. The summed E-state index contributed by atoms with van der Waals surface area (Å²) in [5.41, 5.74) is 3.15. The normalized spacial score (nSPS) is 16.1. The van der Waals surface area contributed by atoms with E-state index < -0.39 is 36.5 Å². The Kier molecular flexibility index (Phi) is 23.6. The first kappa shape index (κ1) is 62.2. The quantitative estimate of drug-likeness (QED) is 0.0160. The van der Waals surface area contributed by atoms with Crippen molar-refractivity contribution in [3.63, 3.8) is 0 Å². The van der Waals surface area contributed by atoms with E-state index in [1.807, 2.05) is 36.4 Å². The lowest BCUT2D eigenvalue weighted by Gasteiger charge is -2.30. The molecule has 2 heterocycles. The lowest BCUT2D eigenvalue weighted by Crippen LogP contribution is -2.40. The molecule has 0 radical (unpaired) electrons. The Balaban J connectivity index is 0.711. The van der Waals surface area contributed by atoms with Crippen LogP contribution in [0.3, 0.4) is 0 Å². The van der Waals surface area contributed by atoms with Crippen LogP contribution in [0.2, 0.25) is 0 Å². The third-order valence-electron chi connectivity index (χ3n) is 13.9. The number of piperidine rings is 1. The van der Waals surface area contributed by atoms with Crippen LogP contribution >= 0.6 is 0 Å². The highest BCUT2D eigenvalue weighted by molar-refractivity contribution is 5.98. The number of hydrogen-bond acceptors (Lipinski definition) is 13. The lowest BCUT2D eigenvalue weighted by molar-refractivity contribution is -0.140. The van der Waals surface area contributed by atoms with Crippen molar-refractivity contribution >= 4 is 51.6 Å². The summed E-state index contributed by atoms with van der Waals surface area (Å²) >= 11 is 0. The molecule has 5 aromatic rings. The molecule has 7 rings (SSSR count). The molecule has 1 saturated heterocycles. The number of halogens is 4. The molecule has 4 aromatic carbocycles. The number of methoxy groups -OCH3 is 1. The molecule has 0 unspecified atom stereocenters. The molecule has 0 bridgehead atoms. The monoisotopic (exact) mass is 1140 g/mol. The third kappa shape index (κ3) is 19.4. The minimum atomic E-state index is -4.45. The maximum atomic E-state index is 15.3. The van der Waals surface area contributed by atoms with Crippen LogP contribution in [0.4, 0.5) is 34.6 Å². The first-order chi connectivity index (χ1) is 39.5. The minimum Gasteiger partial charge on any atom is -0.495 e. The number of anilines is 3. The Morgan fingerprint density at radius 2 is 1.43 bits per heavy atom. The summed E-state index contributed by atoms with van der Waals surface area (Å²) in [7, 11) is 3.54. The Bertz CT molecular complexity index is 2970. The van der Waals surface area contributed by atoms with Crippen molar-refractivity contribution in [1.82, 2.24) is 25.4 Å². The third-order valence-corrected chi connectivity index (χ3v) is 13.9. The van der Waals surface area contributed by atoms with E-state index in [4.69, 9.17) is 28.4 Å². The second-order valence-corrected chi connectivity index (χ2v) is 20.1. The van der Waals surface area contributed by atoms with Gasteiger partial charge < -0.3 is 69.8 Å². The van der Waals surface area contributed by atoms with Gasteiger partial charge in [-0.3, -0.25) is 19.2 Å². The Morgan fingerprint density at radius 3 is 2.11 bits per heavy atom.